The number of carbonyl (C=O) groups is 1. The van der Waals surface area contributed by atoms with Crippen molar-refractivity contribution in [3.8, 4) is 0 Å². The average molecular weight is 340 g/mol. The molecule has 0 atom stereocenters. The Morgan fingerprint density at radius 1 is 1.28 bits per heavy atom. The van der Waals surface area contributed by atoms with Crippen molar-refractivity contribution in [2.45, 2.75) is 26.9 Å². The van der Waals surface area contributed by atoms with Gasteiger partial charge in [0.25, 0.3) is 0 Å². The van der Waals surface area contributed by atoms with E-state index in [1.54, 1.807) is 15.7 Å². The maximum atomic E-state index is 12.0. The summed E-state index contributed by atoms with van der Waals surface area (Å²) in [5.41, 5.74) is 1.75. The zero-order chi connectivity index (χ0) is 17.6. The van der Waals surface area contributed by atoms with Gasteiger partial charge in [-0.05, 0) is 31.5 Å². The molecule has 2 aromatic heterocycles. The molecule has 9 heteroatoms. The Balaban J connectivity index is 1.50. The highest BCUT2D eigenvalue weighted by Crippen LogP contribution is 2.11. The molecule has 0 aliphatic rings. The average Bonchev–Trinajstić information content (AvgIpc) is 3.17. The molecule has 130 valence electrons. The molecule has 2 N–H and O–H groups in total. The van der Waals surface area contributed by atoms with Gasteiger partial charge in [0, 0.05) is 12.2 Å². The minimum atomic E-state index is -0.257. The van der Waals surface area contributed by atoms with Gasteiger partial charge >= 0.3 is 6.03 Å². The van der Waals surface area contributed by atoms with Crippen LogP contribution in [0.1, 0.15) is 17.2 Å². The Morgan fingerprint density at radius 3 is 2.88 bits per heavy atom. The lowest BCUT2D eigenvalue weighted by atomic mass is 10.2. The molecular weight excluding hydrogens is 320 g/mol. The van der Waals surface area contributed by atoms with Gasteiger partial charge in [-0.15, -0.1) is 0 Å². The van der Waals surface area contributed by atoms with Crippen LogP contribution in [0.4, 0.5) is 10.5 Å². The number of hydrogen-bond acceptors (Lipinski definition) is 5. The largest absolute Gasteiger partial charge is 0.336 e. The smallest absolute Gasteiger partial charge is 0.319 e. The van der Waals surface area contributed by atoms with E-state index in [0.717, 1.165) is 22.9 Å². The van der Waals surface area contributed by atoms with Crippen LogP contribution in [0.2, 0.25) is 0 Å². The molecule has 0 aliphatic heterocycles. The van der Waals surface area contributed by atoms with Crippen molar-refractivity contribution < 1.29 is 4.79 Å². The van der Waals surface area contributed by atoms with Gasteiger partial charge in [-0.2, -0.15) is 10.2 Å². The summed E-state index contributed by atoms with van der Waals surface area (Å²) in [5.74, 6) is 1.56. The molecule has 0 fully saturated rings. The van der Waals surface area contributed by atoms with Gasteiger partial charge < -0.3 is 10.6 Å². The van der Waals surface area contributed by atoms with Crippen molar-refractivity contribution >= 4 is 11.7 Å². The van der Waals surface area contributed by atoms with Crippen LogP contribution in [0.25, 0.3) is 0 Å². The molecule has 0 bridgehead atoms. The molecule has 2 amide bonds. The highest BCUT2D eigenvalue weighted by molar-refractivity contribution is 5.89. The molecule has 0 unspecified atom stereocenters. The second kappa shape index (κ2) is 7.56. The zero-order valence-corrected chi connectivity index (χ0v) is 14.2. The van der Waals surface area contributed by atoms with Crippen molar-refractivity contribution in [2.24, 2.45) is 0 Å². The standard InChI is InChI=1S/C16H20N8O/c1-12-20-13(2)24(22-12)7-6-18-16(25)21-15-5-3-4-14(8-15)9-23-11-17-10-19-23/h3-5,8,10-11H,6-7,9H2,1-2H3,(H2,18,21,25). The third-order valence-corrected chi connectivity index (χ3v) is 3.57. The topological polar surface area (TPSA) is 103 Å². The third-order valence-electron chi connectivity index (χ3n) is 3.57. The molecule has 3 rings (SSSR count). The number of urea groups is 1. The maximum absolute atomic E-state index is 12.0. The number of nitrogens with zero attached hydrogens (tertiary/aromatic N) is 6. The van der Waals surface area contributed by atoms with Gasteiger partial charge in [0.1, 0.15) is 24.3 Å². The SMILES string of the molecule is Cc1nc(C)n(CCNC(=O)Nc2cccc(Cn3cncn3)c2)n1. The molecular formula is C16H20N8O. The molecule has 0 aliphatic carbocycles. The number of benzene rings is 1. The fourth-order valence-corrected chi connectivity index (χ4v) is 2.47. The Labute approximate surface area is 145 Å². The summed E-state index contributed by atoms with van der Waals surface area (Å²) in [6.07, 6.45) is 3.15. The van der Waals surface area contributed by atoms with Crippen LogP contribution in [0, 0.1) is 13.8 Å². The van der Waals surface area contributed by atoms with E-state index in [0.29, 0.717) is 19.6 Å². The number of hydrogen-bond donors (Lipinski definition) is 2. The minimum absolute atomic E-state index is 0.257. The van der Waals surface area contributed by atoms with Gasteiger partial charge in [-0.3, -0.25) is 0 Å². The fraction of sp³-hybridized carbons (Fsp3) is 0.312. The molecule has 25 heavy (non-hydrogen) atoms. The van der Waals surface area contributed by atoms with E-state index < -0.39 is 0 Å². The first-order chi connectivity index (χ1) is 12.1. The second-order valence-electron chi connectivity index (χ2n) is 5.60. The van der Waals surface area contributed by atoms with Crippen LogP contribution in [0.3, 0.4) is 0 Å². The van der Waals surface area contributed by atoms with Gasteiger partial charge in [0.05, 0.1) is 13.1 Å². The summed E-state index contributed by atoms with van der Waals surface area (Å²) >= 11 is 0. The van der Waals surface area contributed by atoms with Gasteiger partial charge in [-0.25, -0.2) is 24.1 Å². The van der Waals surface area contributed by atoms with Crippen LogP contribution in [-0.2, 0) is 13.1 Å². The predicted octanol–water partition coefficient (Wildman–Crippen LogP) is 1.36. The van der Waals surface area contributed by atoms with Crippen LogP contribution in [-0.4, -0.2) is 42.1 Å². The van der Waals surface area contributed by atoms with E-state index in [1.807, 2.05) is 38.1 Å². The first-order valence-electron chi connectivity index (χ1n) is 7.94. The Bertz CT molecular complexity index is 840. The van der Waals surface area contributed by atoms with E-state index in [4.69, 9.17) is 0 Å². The quantitative estimate of drug-likeness (QED) is 0.705. The summed E-state index contributed by atoms with van der Waals surface area (Å²) in [4.78, 5) is 20.2. The Hall–Kier alpha value is -3.23. The van der Waals surface area contributed by atoms with Crippen molar-refractivity contribution in [1.82, 2.24) is 34.8 Å². The summed E-state index contributed by atoms with van der Waals surface area (Å²) in [5, 5.41) is 14.0. The number of anilines is 1. The molecule has 0 saturated heterocycles. The molecule has 9 nitrogen and oxygen atoms in total. The maximum Gasteiger partial charge on any atom is 0.319 e. The summed E-state index contributed by atoms with van der Waals surface area (Å²) in [6.45, 7) is 5.37. The van der Waals surface area contributed by atoms with E-state index in [-0.39, 0.29) is 6.03 Å². The molecule has 3 aromatic rings. The molecule has 0 saturated carbocycles. The fourth-order valence-electron chi connectivity index (χ4n) is 2.47. The van der Waals surface area contributed by atoms with Crippen molar-refractivity contribution in [3.63, 3.8) is 0 Å². The Morgan fingerprint density at radius 2 is 2.16 bits per heavy atom. The first kappa shape index (κ1) is 16.6. The van der Waals surface area contributed by atoms with E-state index in [2.05, 4.69) is 30.8 Å². The van der Waals surface area contributed by atoms with Crippen molar-refractivity contribution in [1.29, 1.82) is 0 Å². The van der Waals surface area contributed by atoms with Crippen LogP contribution < -0.4 is 10.6 Å². The molecule has 2 heterocycles. The summed E-state index contributed by atoms with van der Waals surface area (Å²) in [7, 11) is 0. The third kappa shape index (κ3) is 4.63. The molecule has 1 aromatic carbocycles. The van der Waals surface area contributed by atoms with Gasteiger partial charge in [0.2, 0.25) is 0 Å². The molecule has 0 radical (unpaired) electrons. The number of carbonyl (C=O) groups excluding carboxylic acids is 1. The highest BCUT2D eigenvalue weighted by Gasteiger charge is 2.05. The Kier molecular flexibility index (Phi) is 5.03. The second-order valence-corrected chi connectivity index (χ2v) is 5.60. The monoisotopic (exact) mass is 340 g/mol. The van der Waals surface area contributed by atoms with E-state index in [9.17, 15) is 4.79 Å². The van der Waals surface area contributed by atoms with Gasteiger partial charge in [-0.1, -0.05) is 12.1 Å². The first-order valence-corrected chi connectivity index (χ1v) is 7.94. The number of aromatic nitrogens is 6. The zero-order valence-electron chi connectivity index (χ0n) is 14.2. The lowest BCUT2D eigenvalue weighted by molar-refractivity contribution is 0.251. The van der Waals surface area contributed by atoms with E-state index in [1.165, 1.54) is 6.33 Å². The van der Waals surface area contributed by atoms with E-state index >= 15 is 0 Å². The lowest BCUT2D eigenvalue weighted by Gasteiger charge is -2.09. The lowest BCUT2D eigenvalue weighted by Crippen LogP contribution is -2.31. The number of aryl methyl sites for hydroxylation is 2. The van der Waals surface area contributed by atoms with Crippen molar-refractivity contribution in [3.05, 3.63) is 54.1 Å². The van der Waals surface area contributed by atoms with Crippen LogP contribution in [0.5, 0.6) is 0 Å². The molecule has 0 spiro atoms. The number of amides is 2. The van der Waals surface area contributed by atoms with Gasteiger partial charge in [0.15, 0.2) is 0 Å². The minimum Gasteiger partial charge on any atom is -0.336 e. The van der Waals surface area contributed by atoms with Crippen molar-refractivity contribution in [2.75, 3.05) is 11.9 Å². The van der Waals surface area contributed by atoms with Crippen LogP contribution >= 0.6 is 0 Å². The summed E-state index contributed by atoms with van der Waals surface area (Å²) in [6, 6.07) is 7.36. The number of nitrogens with one attached hydrogen (secondary N) is 2. The number of rotatable bonds is 6. The predicted molar refractivity (Wildman–Crippen MR) is 92.1 cm³/mol. The summed E-state index contributed by atoms with van der Waals surface area (Å²) < 4.78 is 3.50. The normalized spacial score (nSPS) is 10.6. The highest BCUT2D eigenvalue weighted by atomic mass is 16.2. The van der Waals surface area contributed by atoms with Crippen LogP contribution in [0.15, 0.2) is 36.9 Å².